The lowest BCUT2D eigenvalue weighted by molar-refractivity contribution is 0.0986. The molecule has 1 heterocycles. The van der Waals surface area contributed by atoms with Gasteiger partial charge in [-0.2, -0.15) is 5.10 Å². The largest absolute Gasteiger partial charge is 0.330 e. The van der Waals surface area contributed by atoms with Gasteiger partial charge in [-0.15, -0.1) is 0 Å². The zero-order valence-electron chi connectivity index (χ0n) is 12.2. The first-order valence-corrected chi connectivity index (χ1v) is 6.80. The lowest BCUT2D eigenvalue weighted by Crippen LogP contribution is -2.33. The van der Waals surface area contributed by atoms with E-state index in [9.17, 15) is 9.18 Å². The summed E-state index contributed by atoms with van der Waals surface area (Å²) in [6.45, 7) is 2.68. The van der Waals surface area contributed by atoms with E-state index in [1.165, 1.54) is 12.1 Å². The van der Waals surface area contributed by atoms with Gasteiger partial charge in [-0.25, -0.2) is 4.39 Å². The van der Waals surface area contributed by atoms with Crippen LogP contribution in [0.3, 0.4) is 0 Å². The standard InChI is InChI=1S/C15H19FN4O/c1-11-14(10-19(2)18-11)15(21)20(8-4-7-17)13-6-3-5-12(16)9-13/h3,5-6,9-10H,4,7-8,17H2,1-2H3. The quantitative estimate of drug-likeness (QED) is 0.914. The molecule has 0 bridgehead atoms. The number of nitrogens with two attached hydrogens (primary N) is 1. The van der Waals surface area contributed by atoms with Gasteiger partial charge in [-0.3, -0.25) is 9.48 Å². The summed E-state index contributed by atoms with van der Waals surface area (Å²) in [6, 6.07) is 6.00. The molecular weight excluding hydrogens is 271 g/mol. The summed E-state index contributed by atoms with van der Waals surface area (Å²) < 4.78 is 15.0. The molecule has 0 saturated carbocycles. The molecule has 0 aliphatic heterocycles. The van der Waals surface area contributed by atoms with Crippen LogP contribution in [0.5, 0.6) is 0 Å². The number of carbonyl (C=O) groups is 1. The average Bonchev–Trinajstić information content (AvgIpc) is 2.78. The lowest BCUT2D eigenvalue weighted by Gasteiger charge is -2.22. The van der Waals surface area contributed by atoms with Crippen LogP contribution in [0.25, 0.3) is 0 Å². The number of anilines is 1. The summed E-state index contributed by atoms with van der Waals surface area (Å²) in [4.78, 5) is 14.2. The predicted octanol–water partition coefficient (Wildman–Crippen LogP) is 1.86. The van der Waals surface area contributed by atoms with Gasteiger partial charge >= 0.3 is 0 Å². The van der Waals surface area contributed by atoms with Gasteiger partial charge in [0.05, 0.1) is 11.3 Å². The highest BCUT2D eigenvalue weighted by Crippen LogP contribution is 2.20. The second-order valence-electron chi connectivity index (χ2n) is 4.88. The van der Waals surface area contributed by atoms with Crippen LogP contribution < -0.4 is 10.6 Å². The van der Waals surface area contributed by atoms with Gasteiger partial charge in [0.25, 0.3) is 5.91 Å². The number of nitrogens with zero attached hydrogens (tertiary/aromatic N) is 3. The summed E-state index contributed by atoms with van der Waals surface area (Å²) in [7, 11) is 1.76. The Balaban J connectivity index is 2.35. The van der Waals surface area contributed by atoms with Crippen LogP contribution >= 0.6 is 0 Å². The minimum Gasteiger partial charge on any atom is -0.330 e. The highest BCUT2D eigenvalue weighted by Gasteiger charge is 2.21. The molecule has 0 aliphatic carbocycles. The molecule has 0 saturated heterocycles. The number of carbonyl (C=O) groups excluding carboxylic acids is 1. The highest BCUT2D eigenvalue weighted by molar-refractivity contribution is 6.06. The smallest absolute Gasteiger partial charge is 0.261 e. The molecule has 0 atom stereocenters. The Morgan fingerprint density at radius 2 is 2.24 bits per heavy atom. The summed E-state index contributed by atoms with van der Waals surface area (Å²) in [6.07, 6.45) is 2.31. The number of amides is 1. The summed E-state index contributed by atoms with van der Waals surface area (Å²) in [5, 5.41) is 4.18. The molecular formula is C15H19FN4O. The molecule has 0 unspecified atom stereocenters. The lowest BCUT2D eigenvalue weighted by atomic mass is 10.2. The summed E-state index contributed by atoms with van der Waals surface area (Å²) >= 11 is 0. The van der Waals surface area contributed by atoms with Crippen LogP contribution in [0.2, 0.25) is 0 Å². The Morgan fingerprint density at radius 3 is 2.81 bits per heavy atom. The van der Waals surface area contributed by atoms with E-state index in [0.29, 0.717) is 36.5 Å². The van der Waals surface area contributed by atoms with Crippen molar-refractivity contribution in [1.29, 1.82) is 0 Å². The first-order chi connectivity index (χ1) is 10.0. The average molecular weight is 290 g/mol. The number of halogens is 1. The highest BCUT2D eigenvalue weighted by atomic mass is 19.1. The molecule has 2 aromatic rings. The fraction of sp³-hybridized carbons (Fsp3) is 0.333. The Labute approximate surface area is 123 Å². The second-order valence-corrected chi connectivity index (χ2v) is 4.88. The third kappa shape index (κ3) is 3.46. The topological polar surface area (TPSA) is 64.2 Å². The van der Waals surface area contributed by atoms with Crippen molar-refractivity contribution >= 4 is 11.6 Å². The first kappa shape index (κ1) is 15.2. The maximum atomic E-state index is 13.4. The zero-order valence-corrected chi connectivity index (χ0v) is 12.2. The molecule has 6 heteroatoms. The van der Waals surface area contributed by atoms with E-state index in [-0.39, 0.29) is 11.7 Å². The van der Waals surface area contributed by atoms with Gasteiger partial charge in [-0.05, 0) is 38.1 Å². The van der Waals surface area contributed by atoms with Crippen LogP contribution in [0.15, 0.2) is 30.5 Å². The molecule has 2 rings (SSSR count). The molecule has 5 nitrogen and oxygen atoms in total. The number of benzene rings is 1. The molecule has 0 spiro atoms. The number of rotatable bonds is 5. The van der Waals surface area contributed by atoms with Crippen molar-refractivity contribution < 1.29 is 9.18 Å². The fourth-order valence-electron chi connectivity index (χ4n) is 2.20. The molecule has 0 fully saturated rings. The van der Waals surface area contributed by atoms with Gasteiger partial charge in [0.1, 0.15) is 5.82 Å². The maximum Gasteiger partial charge on any atom is 0.261 e. The fourth-order valence-corrected chi connectivity index (χ4v) is 2.20. The van der Waals surface area contributed by atoms with Crippen molar-refractivity contribution in [3.05, 3.63) is 47.5 Å². The van der Waals surface area contributed by atoms with Crippen molar-refractivity contribution in [3.63, 3.8) is 0 Å². The SMILES string of the molecule is Cc1nn(C)cc1C(=O)N(CCCN)c1cccc(F)c1. The van der Waals surface area contributed by atoms with E-state index < -0.39 is 0 Å². The van der Waals surface area contributed by atoms with Gasteiger partial charge < -0.3 is 10.6 Å². The van der Waals surface area contributed by atoms with E-state index in [1.54, 1.807) is 41.9 Å². The van der Waals surface area contributed by atoms with Gasteiger partial charge in [0, 0.05) is 25.5 Å². The number of aromatic nitrogens is 2. The molecule has 1 aromatic carbocycles. The zero-order chi connectivity index (χ0) is 15.4. The van der Waals surface area contributed by atoms with E-state index in [1.807, 2.05) is 0 Å². The van der Waals surface area contributed by atoms with Gasteiger partial charge in [0.2, 0.25) is 0 Å². The normalized spacial score (nSPS) is 10.7. The minimum absolute atomic E-state index is 0.195. The monoisotopic (exact) mass is 290 g/mol. The molecule has 2 N–H and O–H groups in total. The Bertz CT molecular complexity index is 638. The molecule has 21 heavy (non-hydrogen) atoms. The third-order valence-corrected chi connectivity index (χ3v) is 3.19. The Kier molecular flexibility index (Phi) is 4.70. The molecule has 0 aliphatic rings. The third-order valence-electron chi connectivity index (χ3n) is 3.19. The molecule has 1 amide bonds. The minimum atomic E-state index is -0.374. The molecule has 1 aromatic heterocycles. The van der Waals surface area contributed by atoms with E-state index >= 15 is 0 Å². The van der Waals surface area contributed by atoms with Crippen molar-refractivity contribution in [2.45, 2.75) is 13.3 Å². The number of hydrogen-bond acceptors (Lipinski definition) is 3. The second kappa shape index (κ2) is 6.49. The Hall–Kier alpha value is -2.21. The number of aryl methyl sites for hydroxylation is 2. The van der Waals surface area contributed by atoms with Crippen molar-refractivity contribution in [2.24, 2.45) is 12.8 Å². The Morgan fingerprint density at radius 1 is 1.48 bits per heavy atom. The maximum absolute atomic E-state index is 13.4. The van der Waals surface area contributed by atoms with E-state index in [0.717, 1.165) is 0 Å². The predicted molar refractivity (Wildman–Crippen MR) is 79.7 cm³/mol. The van der Waals surface area contributed by atoms with E-state index in [2.05, 4.69) is 5.10 Å². The van der Waals surface area contributed by atoms with Crippen LogP contribution in [0, 0.1) is 12.7 Å². The molecule has 0 radical (unpaired) electrons. The van der Waals surface area contributed by atoms with Crippen molar-refractivity contribution in [3.8, 4) is 0 Å². The van der Waals surface area contributed by atoms with Gasteiger partial charge in [0.15, 0.2) is 0 Å². The number of hydrogen-bond donors (Lipinski definition) is 1. The van der Waals surface area contributed by atoms with Crippen molar-refractivity contribution in [1.82, 2.24) is 9.78 Å². The van der Waals surface area contributed by atoms with E-state index in [4.69, 9.17) is 5.73 Å². The van der Waals surface area contributed by atoms with Crippen LogP contribution in [0.1, 0.15) is 22.5 Å². The van der Waals surface area contributed by atoms with Crippen LogP contribution in [0.4, 0.5) is 10.1 Å². The van der Waals surface area contributed by atoms with Crippen LogP contribution in [-0.2, 0) is 7.05 Å². The summed E-state index contributed by atoms with van der Waals surface area (Å²) in [5.74, 6) is -0.569. The van der Waals surface area contributed by atoms with Gasteiger partial charge in [-0.1, -0.05) is 6.07 Å². The summed E-state index contributed by atoms with van der Waals surface area (Å²) in [5.41, 5.74) is 7.22. The molecule has 112 valence electrons. The first-order valence-electron chi connectivity index (χ1n) is 6.80. The van der Waals surface area contributed by atoms with Crippen LogP contribution in [-0.4, -0.2) is 28.8 Å². The van der Waals surface area contributed by atoms with Crippen molar-refractivity contribution in [2.75, 3.05) is 18.0 Å².